The fraction of sp³-hybridized carbons (Fsp3) is 0. The first kappa shape index (κ1) is 28.2. The minimum atomic E-state index is 0.577. The second-order valence-corrected chi connectivity index (χ2v) is 13.8. The van der Waals surface area contributed by atoms with Crippen molar-refractivity contribution in [1.29, 1.82) is 0 Å². The SMILES string of the molecule is c1ccc(-c2nc(-c3ccc4c(c3)sc3c(-n5c6ccccc6c6ccccc65)cccc34)nc(-c3cccc4c3oc3ccccc34)n2)cc1. The third-order valence-corrected chi connectivity index (χ3v) is 11.1. The first-order valence-electron chi connectivity index (χ1n) is 16.9. The van der Waals surface area contributed by atoms with Crippen molar-refractivity contribution in [3.63, 3.8) is 0 Å². The molecule has 238 valence electrons. The average Bonchev–Trinajstić information content (AvgIpc) is 3.87. The summed E-state index contributed by atoms with van der Waals surface area (Å²) in [6, 6.07) is 54.9. The molecule has 0 radical (unpaired) electrons. The molecule has 6 heteroatoms. The van der Waals surface area contributed by atoms with Gasteiger partial charge in [-0.3, -0.25) is 0 Å². The molecule has 0 N–H and O–H groups in total. The molecule has 11 aromatic rings. The van der Waals surface area contributed by atoms with E-state index in [1.807, 2.05) is 72.0 Å². The van der Waals surface area contributed by atoms with Gasteiger partial charge in [-0.15, -0.1) is 11.3 Å². The minimum Gasteiger partial charge on any atom is -0.455 e. The molecular formula is C45H26N4OS. The molecule has 0 amide bonds. The van der Waals surface area contributed by atoms with Gasteiger partial charge >= 0.3 is 0 Å². The van der Waals surface area contributed by atoms with Gasteiger partial charge in [-0.1, -0.05) is 121 Å². The molecule has 7 aromatic carbocycles. The molecule has 4 aromatic heterocycles. The van der Waals surface area contributed by atoms with E-state index < -0.39 is 0 Å². The predicted molar refractivity (Wildman–Crippen MR) is 211 cm³/mol. The van der Waals surface area contributed by atoms with E-state index in [-0.39, 0.29) is 0 Å². The molecular weight excluding hydrogens is 645 g/mol. The molecule has 0 fully saturated rings. The molecule has 0 unspecified atom stereocenters. The highest BCUT2D eigenvalue weighted by atomic mass is 32.1. The van der Waals surface area contributed by atoms with Crippen LogP contribution < -0.4 is 0 Å². The van der Waals surface area contributed by atoms with Gasteiger partial charge in [0, 0.05) is 48.1 Å². The van der Waals surface area contributed by atoms with Crippen LogP contribution in [0.5, 0.6) is 0 Å². The Balaban J connectivity index is 1.12. The van der Waals surface area contributed by atoms with Crippen molar-refractivity contribution in [3.05, 3.63) is 158 Å². The number of benzene rings is 7. The number of para-hydroxylation sites is 4. The molecule has 51 heavy (non-hydrogen) atoms. The average molecular weight is 671 g/mol. The van der Waals surface area contributed by atoms with Gasteiger partial charge in [0.05, 0.1) is 27.0 Å². The van der Waals surface area contributed by atoms with Gasteiger partial charge in [0.15, 0.2) is 17.5 Å². The summed E-state index contributed by atoms with van der Waals surface area (Å²) < 4.78 is 11.2. The molecule has 0 bridgehead atoms. The highest BCUT2D eigenvalue weighted by molar-refractivity contribution is 7.26. The third kappa shape index (κ3) is 4.30. The van der Waals surface area contributed by atoms with Crippen molar-refractivity contribution in [2.75, 3.05) is 0 Å². The Morgan fingerprint density at radius 3 is 1.88 bits per heavy atom. The Bertz CT molecular complexity index is 3100. The van der Waals surface area contributed by atoms with Crippen LogP contribution in [0.15, 0.2) is 162 Å². The van der Waals surface area contributed by atoms with Crippen molar-refractivity contribution in [2.45, 2.75) is 0 Å². The van der Waals surface area contributed by atoms with E-state index in [1.54, 1.807) is 0 Å². The van der Waals surface area contributed by atoms with Crippen LogP contribution in [0.4, 0.5) is 0 Å². The fourth-order valence-electron chi connectivity index (χ4n) is 7.55. The standard InChI is InChI=1S/C45H26N4OS/c1-2-12-27(13-3-1)43-46-44(48-45(47-43)35-19-10-17-33-31-16-6-9-23-39(31)50-41(33)35)28-24-25-32-34-18-11-22-38(42(34)51-40(32)26-28)49-36-20-7-4-14-29(36)30-15-5-8-21-37(30)49/h1-26H. The lowest BCUT2D eigenvalue weighted by Crippen LogP contribution is -2.00. The van der Waals surface area contributed by atoms with E-state index >= 15 is 0 Å². The first-order chi connectivity index (χ1) is 25.3. The zero-order valence-electron chi connectivity index (χ0n) is 27.1. The maximum Gasteiger partial charge on any atom is 0.167 e. The normalized spacial score (nSPS) is 11.9. The fourth-order valence-corrected chi connectivity index (χ4v) is 8.79. The van der Waals surface area contributed by atoms with Crippen LogP contribution in [0.25, 0.3) is 104 Å². The van der Waals surface area contributed by atoms with Gasteiger partial charge < -0.3 is 8.98 Å². The van der Waals surface area contributed by atoms with Crippen molar-refractivity contribution in [1.82, 2.24) is 19.5 Å². The Morgan fingerprint density at radius 1 is 0.451 bits per heavy atom. The van der Waals surface area contributed by atoms with Crippen LogP contribution in [0.3, 0.4) is 0 Å². The van der Waals surface area contributed by atoms with Crippen LogP contribution in [-0.4, -0.2) is 19.5 Å². The number of hydrogen-bond donors (Lipinski definition) is 0. The Kier molecular flexibility index (Phi) is 6.05. The van der Waals surface area contributed by atoms with E-state index in [9.17, 15) is 0 Å². The zero-order valence-corrected chi connectivity index (χ0v) is 27.9. The summed E-state index contributed by atoms with van der Waals surface area (Å²) in [4.78, 5) is 15.2. The predicted octanol–water partition coefficient (Wildman–Crippen LogP) is 12.2. The second-order valence-electron chi connectivity index (χ2n) is 12.8. The lowest BCUT2D eigenvalue weighted by Gasteiger charge is -2.09. The number of fused-ring (bicyclic) bond motifs is 9. The number of aromatic nitrogens is 4. The van der Waals surface area contributed by atoms with Crippen LogP contribution in [0, 0.1) is 0 Å². The van der Waals surface area contributed by atoms with E-state index in [4.69, 9.17) is 19.4 Å². The summed E-state index contributed by atoms with van der Waals surface area (Å²) in [6.45, 7) is 0. The molecule has 0 aliphatic rings. The Hall–Kier alpha value is -6.63. The lowest BCUT2D eigenvalue weighted by molar-refractivity contribution is 0.669. The molecule has 0 saturated carbocycles. The van der Waals surface area contributed by atoms with Gasteiger partial charge in [-0.25, -0.2) is 15.0 Å². The summed E-state index contributed by atoms with van der Waals surface area (Å²) in [5.41, 5.74) is 7.90. The molecule has 0 atom stereocenters. The Morgan fingerprint density at radius 2 is 1.08 bits per heavy atom. The number of hydrogen-bond acceptors (Lipinski definition) is 5. The lowest BCUT2D eigenvalue weighted by atomic mass is 10.1. The maximum absolute atomic E-state index is 6.42. The van der Waals surface area contributed by atoms with Crippen LogP contribution in [-0.2, 0) is 0 Å². The van der Waals surface area contributed by atoms with Crippen LogP contribution in [0.1, 0.15) is 0 Å². The minimum absolute atomic E-state index is 0.577. The molecule has 5 nitrogen and oxygen atoms in total. The third-order valence-electron chi connectivity index (χ3n) is 9.87. The molecule has 4 heterocycles. The molecule has 0 aliphatic heterocycles. The van der Waals surface area contributed by atoms with Crippen molar-refractivity contribution >= 4 is 75.3 Å². The molecule has 0 aliphatic carbocycles. The van der Waals surface area contributed by atoms with Gasteiger partial charge in [-0.2, -0.15) is 0 Å². The van der Waals surface area contributed by atoms with Gasteiger partial charge in [0.1, 0.15) is 11.2 Å². The van der Waals surface area contributed by atoms with E-state index in [2.05, 4.69) is 102 Å². The smallest absolute Gasteiger partial charge is 0.167 e. The highest BCUT2D eigenvalue weighted by Crippen LogP contribution is 2.42. The topological polar surface area (TPSA) is 56.7 Å². The summed E-state index contributed by atoms with van der Waals surface area (Å²) in [7, 11) is 0. The van der Waals surface area contributed by atoms with Gasteiger partial charge in [-0.05, 0) is 36.4 Å². The monoisotopic (exact) mass is 670 g/mol. The van der Waals surface area contributed by atoms with Crippen molar-refractivity contribution in [3.8, 4) is 39.9 Å². The van der Waals surface area contributed by atoms with Crippen molar-refractivity contribution < 1.29 is 4.42 Å². The van der Waals surface area contributed by atoms with E-state index in [1.165, 1.54) is 47.7 Å². The molecule has 0 saturated heterocycles. The largest absolute Gasteiger partial charge is 0.455 e. The number of rotatable bonds is 4. The summed E-state index contributed by atoms with van der Waals surface area (Å²) in [5.74, 6) is 1.82. The van der Waals surface area contributed by atoms with E-state index in [0.29, 0.717) is 17.5 Å². The summed E-state index contributed by atoms with van der Waals surface area (Å²) in [5, 5.41) is 7.07. The van der Waals surface area contributed by atoms with Gasteiger partial charge in [0.25, 0.3) is 0 Å². The molecule has 0 spiro atoms. The maximum atomic E-state index is 6.42. The summed E-state index contributed by atoms with van der Waals surface area (Å²) >= 11 is 1.81. The highest BCUT2D eigenvalue weighted by Gasteiger charge is 2.20. The number of nitrogens with zero attached hydrogens (tertiary/aromatic N) is 4. The van der Waals surface area contributed by atoms with Crippen LogP contribution in [0.2, 0.25) is 0 Å². The number of furan rings is 1. The quantitative estimate of drug-likeness (QED) is 0.187. The van der Waals surface area contributed by atoms with Crippen molar-refractivity contribution in [2.24, 2.45) is 0 Å². The van der Waals surface area contributed by atoms with Gasteiger partial charge in [0.2, 0.25) is 0 Å². The molecule has 11 rings (SSSR count). The zero-order chi connectivity index (χ0) is 33.5. The first-order valence-corrected chi connectivity index (χ1v) is 17.8. The Labute approximate surface area is 295 Å². The van der Waals surface area contributed by atoms with Crippen LogP contribution >= 0.6 is 11.3 Å². The second kappa shape index (κ2) is 10.9. The number of thiophene rings is 1. The van der Waals surface area contributed by atoms with E-state index in [0.717, 1.165) is 38.6 Å². The summed E-state index contributed by atoms with van der Waals surface area (Å²) in [6.07, 6.45) is 0.